The molecule has 2 nitrogen and oxygen atoms in total. The van der Waals surface area contributed by atoms with Gasteiger partial charge in [-0.15, -0.1) is 24.0 Å². The fourth-order valence-electron chi connectivity index (χ4n) is 1.90. The molecule has 0 saturated heterocycles. The van der Waals surface area contributed by atoms with E-state index in [4.69, 9.17) is 0 Å². The van der Waals surface area contributed by atoms with E-state index in [2.05, 4.69) is 37.0 Å². The number of nitrogens with one attached hydrogen (secondary N) is 1. The largest absolute Gasteiger partial charge is 0.349 e. The number of amides is 1. The average molecular weight is 291 g/mol. The zero-order valence-electron chi connectivity index (χ0n) is 11.0. The number of carbonyl (C=O) groups excluding carboxylic acids is 1. The van der Waals surface area contributed by atoms with Crippen LogP contribution < -0.4 is 5.32 Å². The van der Waals surface area contributed by atoms with E-state index in [1.54, 1.807) is 23.5 Å². The van der Waals surface area contributed by atoms with Gasteiger partial charge >= 0.3 is 0 Å². The number of hydrogen-bond acceptors (Lipinski definition) is 3. The second-order valence-electron chi connectivity index (χ2n) is 4.64. The number of thiol groups is 1. The molecule has 0 aliphatic carbocycles. The van der Waals surface area contributed by atoms with Crippen molar-refractivity contribution in [1.29, 1.82) is 0 Å². The Morgan fingerprint density at radius 2 is 2.16 bits per heavy atom. The van der Waals surface area contributed by atoms with Gasteiger partial charge in [0.25, 0.3) is 5.91 Å². The average Bonchev–Trinajstić information content (AvgIpc) is 2.74. The van der Waals surface area contributed by atoms with Crippen LogP contribution >= 0.6 is 24.0 Å². The topological polar surface area (TPSA) is 29.1 Å². The predicted molar refractivity (Wildman–Crippen MR) is 83.4 cm³/mol. The van der Waals surface area contributed by atoms with Crippen molar-refractivity contribution in [1.82, 2.24) is 5.32 Å². The molecule has 1 unspecified atom stereocenters. The molecule has 0 saturated carbocycles. The summed E-state index contributed by atoms with van der Waals surface area (Å²) in [5.74, 6) is -0.0447. The molecule has 0 aliphatic rings. The molecular formula is C15H17NOS2. The third kappa shape index (κ3) is 4.11. The molecule has 0 bridgehead atoms. The summed E-state index contributed by atoms with van der Waals surface area (Å²) in [6, 6.07) is 11.6. The molecule has 19 heavy (non-hydrogen) atoms. The van der Waals surface area contributed by atoms with Crippen molar-refractivity contribution in [3.05, 3.63) is 51.7 Å². The summed E-state index contributed by atoms with van der Waals surface area (Å²) in [5, 5.41) is 3.01. The van der Waals surface area contributed by atoms with E-state index in [1.807, 2.05) is 19.1 Å². The lowest BCUT2D eigenvalue weighted by Crippen LogP contribution is -2.33. The summed E-state index contributed by atoms with van der Waals surface area (Å²) < 4.78 is 0. The summed E-state index contributed by atoms with van der Waals surface area (Å²) in [4.78, 5) is 15.5. The van der Waals surface area contributed by atoms with Crippen molar-refractivity contribution < 1.29 is 4.79 Å². The third-order valence-electron chi connectivity index (χ3n) is 2.79. The monoisotopic (exact) mass is 291 g/mol. The van der Waals surface area contributed by atoms with E-state index >= 15 is 0 Å². The minimum Gasteiger partial charge on any atom is -0.349 e. The van der Waals surface area contributed by atoms with Gasteiger partial charge in [-0.2, -0.15) is 0 Å². The highest BCUT2D eigenvalue weighted by molar-refractivity contribution is 7.80. The van der Waals surface area contributed by atoms with Crippen molar-refractivity contribution in [2.75, 3.05) is 0 Å². The first kappa shape index (κ1) is 14.2. The molecular weight excluding hydrogens is 274 g/mol. The number of carbonyl (C=O) groups is 1. The quantitative estimate of drug-likeness (QED) is 0.826. The van der Waals surface area contributed by atoms with E-state index in [0.29, 0.717) is 5.56 Å². The Morgan fingerprint density at radius 3 is 2.79 bits per heavy atom. The minimum atomic E-state index is -0.0447. The number of benzene rings is 1. The van der Waals surface area contributed by atoms with Crippen LogP contribution in [0, 0.1) is 6.92 Å². The van der Waals surface area contributed by atoms with Gasteiger partial charge in [-0.05, 0) is 44.2 Å². The fourth-order valence-corrected chi connectivity index (χ4v) is 3.15. The predicted octanol–water partition coefficient (Wildman–Crippen LogP) is 3.71. The number of rotatable bonds is 4. The van der Waals surface area contributed by atoms with Crippen LogP contribution in [-0.4, -0.2) is 11.9 Å². The molecule has 1 atom stereocenters. The van der Waals surface area contributed by atoms with E-state index in [0.717, 1.165) is 11.3 Å². The van der Waals surface area contributed by atoms with Crippen LogP contribution in [0.25, 0.3) is 0 Å². The summed E-state index contributed by atoms with van der Waals surface area (Å²) >= 11 is 6.02. The van der Waals surface area contributed by atoms with Gasteiger partial charge in [-0.25, -0.2) is 0 Å². The van der Waals surface area contributed by atoms with Gasteiger partial charge < -0.3 is 5.32 Å². The maximum atomic E-state index is 12.1. The molecule has 1 aromatic carbocycles. The van der Waals surface area contributed by atoms with E-state index < -0.39 is 0 Å². The first-order valence-corrected chi connectivity index (χ1v) is 7.46. The minimum absolute atomic E-state index is 0.0447. The summed E-state index contributed by atoms with van der Waals surface area (Å²) in [6.45, 7) is 4.12. The van der Waals surface area contributed by atoms with Crippen LogP contribution in [0.5, 0.6) is 0 Å². The molecule has 2 aromatic rings. The normalized spacial score (nSPS) is 12.2. The standard InChI is InChI=1S/C15H17NOS2/c1-10(8-14-7-6-11(2)19-14)16-15(17)12-4-3-5-13(18)9-12/h3-7,9-10,18H,8H2,1-2H3,(H,16,17). The first-order chi connectivity index (χ1) is 9.04. The molecule has 100 valence electrons. The number of hydrogen-bond donors (Lipinski definition) is 2. The Hall–Kier alpha value is -1.26. The Bertz CT molecular complexity index is 577. The summed E-state index contributed by atoms with van der Waals surface area (Å²) in [7, 11) is 0. The molecule has 1 N–H and O–H groups in total. The van der Waals surface area contributed by atoms with Crippen molar-refractivity contribution in [2.24, 2.45) is 0 Å². The van der Waals surface area contributed by atoms with Crippen molar-refractivity contribution >= 4 is 29.9 Å². The van der Waals surface area contributed by atoms with Gasteiger partial charge in [0.05, 0.1) is 0 Å². The van der Waals surface area contributed by atoms with Crippen molar-refractivity contribution in [3.63, 3.8) is 0 Å². The van der Waals surface area contributed by atoms with Crippen LogP contribution in [0.15, 0.2) is 41.3 Å². The SMILES string of the molecule is Cc1ccc(CC(C)NC(=O)c2cccc(S)c2)s1. The van der Waals surface area contributed by atoms with Gasteiger partial charge in [0.2, 0.25) is 0 Å². The molecule has 1 heterocycles. The molecule has 0 aliphatic heterocycles. The highest BCUT2D eigenvalue weighted by Gasteiger charge is 2.11. The van der Waals surface area contributed by atoms with Gasteiger partial charge in [-0.1, -0.05) is 6.07 Å². The van der Waals surface area contributed by atoms with Crippen molar-refractivity contribution in [3.8, 4) is 0 Å². The van der Waals surface area contributed by atoms with Crippen LogP contribution in [0.1, 0.15) is 27.0 Å². The first-order valence-electron chi connectivity index (χ1n) is 6.20. The molecule has 0 fully saturated rings. The Labute approximate surface area is 123 Å². The maximum Gasteiger partial charge on any atom is 0.251 e. The van der Waals surface area contributed by atoms with Gasteiger partial charge in [-0.3, -0.25) is 4.79 Å². The van der Waals surface area contributed by atoms with Crippen LogP contribution in [0.3, 0.4) is 0 Å². The van der Waals surface area contributed by atoms with E-state index in [1.165, 1.54) is 9.75 Å². The zero-order chi connectivity index (χ0) is 13.8. The summed E-state index contributed by atoms with van der Waals surface area (Å²) in [5.41, 5.74) is 0.654. The van der Waals surface area contributed by atoms with Gasteiger partial charge in [0, 0.05) is 32.7 Å². The molecule has 4 heteroatoms. The Kier molecular flexibility index (Phi) is 4.66. The summed E-state index contributed by atoms with van der Waals surface area (Å²) in [6.07, 6.45) is 0.866. The molecule has 0 radical (unpaired) electrons. The van der Waals surface area contributed by atoms with Gasteiger partial charge in [0.15, 0.2) is 0 Å². The third-order valence-corrected chi connectivity index (χ3v) is 4.09. The zero-order valence-corrected chi connectivity index (χ0v) is 12.7. The van der Waals surface area contributed by atoms with Crippen LogP contribution in [0.4, 0.5) is 0 Å². The van der Waals surface area contributed by atoms with Crippen molar-refractivity contribution in [2.45, 2.75) is 31.2 Å². The second-order valence-corrected chi connectivity index (χ2v) is 6.53. The maximum absolute atomic E-state index is 12.1. The van der Waals surface area contributed by atoms with Gasteiger partial charge in [0.1, 0.15) is 0 Å². The number of aryl methyl sites for hydroxylation is 1. The Morgan fingerprint density at radius 1 is 1.37 bits per heavy atom. The van der Waals surface area contributed by atoms with E-state index in [9.17, 15) is 4.79 Å². The molecule has 1 aromatic heterocycles. The Balaban J connectivity index is 1.95. The molecule has 0 spiro atoms. The van der Waals surface area contributed by atoms with Crippen LogP contribution in [0.2, 0.25) is 0 Å². The lowest BCUT2D eigenvalue weighted by Gasteiger charge is -2.13. The fraction of sp³-hybridized carbons (Fsp3) is 0.267. The lowest BCUT2D eigenvalue weighted by atomic mass is 10.1. The smallest absolute Gasteiger partial charge is 0.251 e. The number of thiophene rings is 1. The van der Waals surface area contributed by atoms with Crippen LogP contribution in [-0.2, 0) is 6.42 Å². The highest BCUT2D eigenvalue weighted by Crippen LogP contribution is 2.17. The molecule has 2 rings (SSSR count). The molecule has 1 amide bonds. The van der Waals surface area contributed by atoms with E-state index in [-0.39, 0.29) is 11.9 Å². The highest BCUT2D eigenvalue weighted by atomic mass is 32.1. The lowest BCUT2D eigenvalue weighted by molar-refractivity contribution is 0.0940. The second kappa shape index (κ2) is 6.26.